The number of carbonyl (C=O) groups is 1. The predicted molar refractivity (Wildman–Crippen MR) is 83.6 cm³/mol. The molecule has 0 aliphatic rings. The first-order chi connectivity index (χ1) is 10.1. The molecule has 5 heteroatoms. The molecule has 1 amide bonds. The van der Waals surface area contributed by atoms with Crippen molar-refractivity contribution < 1.29 is 9.32 Å². The van der Waals surface area contributed by atoms with E-state index in [-0.39, 0.29) is 11.1 Å². The molecule has 0 aliphatic heterocycles. The van der Waals surface area contributed by atoms with Gasteiger partial charge in [0.25, 0.3) is 0 Å². The van der Waals surface area contributed by atoms with Crippen LogP contribution in [-0.4, -0.2) is 17.6 Å². The maximum absolute atomic E-state index is 12.4. The lowest BCUT2D eigenvalue weighted by molar-refractivity contribution is -0.118. The van der Waals surface area contributed by atoms with Crippen molar-refractivity contribution in [2.75, 3.05) is 11.4 Å². The van der Waals surface area contributed by atoms with Gasteiger partial charge in [-0.15, -0.1) is 6.58 Å². The van der Waals surface area contributed by atoms with E-state index < -0.39 is 0 Å². The monoisotopic (exact) mass is 304 g/mol. The zero-order chi connectivity index (χ0) is 15.2. The van der Waals surface area contributed by atoms with Gasteiger partial charge >= 0.3 is 0 Å². The van der Waals surface area contributed by atoms with E-state index >= 15 is 0 Å². The first kappa shape index (κ1) is 15.3. The van der Waals surface area contributed by atoms with Gasteiger partial charge in [0.15, 0.2) is 0 Å². The Balaban J connectivity index is 2.08. The molecule has 0 radical (unpaired) electrons. The summed E-state index contributed by atoms with van der Waals surface area (Å²) in [5.74, 6) is 0.0118. The zero-order valence-electron chi connectivity index (χ0n) is 11.9. The summed E-state index contributed by atoms with van der Waals surface area (Å²) in [5, 5.41) is 4.04. The van der Waals surface area contributed by atoms with Crippen molar-refractivity contribution in [1.82, 2.24) is 5.16 Å². The number of aromatic nitrogens is 1. The number of benzene rings is 1. The molecular weight excluding hydrogens is 288 g/mol. The van der Waals surface area contributed by atoms with Crippen LogP contribution < -0.4 is 4.90 Å². The third-order valence-electron chi connectivity index (χ3n) is 3.21. The number of carbonyl (C=O) groups excluding carboxylic acids is 1. The third-order valence-corrected chi connectivity index (χ3v) is 3.50. The van der Waals surface area contributed by atoms with E-state index in [1.807, 2.05) is 37.3 Å². The van der Waals surface area contributed by atoms with E-state index in [0.717, 1.165) is 16.9 Å². The summed E-state index contributed by atoms with van der Waals surface area (Å²) in [6.07, 6.45) is 2.56. The second-order valence-electron chi connectivity index (χ2n) is 4.65. The van der Waals surface area contributed by atoms with Crippen LogP contribution in [0.25, 0.3) is 0 Å². The molecule has 0 fully saturated rings. The standard InChI is InChI=1S/C16H17ClN2O2/c1-3-11-19(13-7-5-4-6-8-13)15(20)10-9-14-12(2)18-21-16(14)17/h3-8H,1,9-11H2,2H3. The number of amides is 1. The molecule has 21 heavy (non-hydrogen) atoms. The highest BCUT2D eigenvalue weighted by molar-refractivity contribution is 6.29. The molecule has 0 aliphatic carbocycles. The summed E-state index contributed by atoms with van der Waals surface area (Å²) in [7, 11) is 0. The van der Waals surface area contributed by atoms with Gasteiger partial charge in [0.1, 0.15) is 0 Å². The molecule has 1 aromatic heterocycles. The van der Waals surface area contributed by atoms with E-state index in [1.165, 1.54) is 0 Å². The minimum Gasteiger partial charge on any atom is -0.344 e. The van der Waals surface area contributed by atoms with Gasteiger partial charge in [-0.3, -0.25) is 4.79 Å². The van der Waals surface area contributed by atoms with Crippen LogP contribution in [0.15, 0.2) is 47.5 Å². The number of hydrogen-bond donors (Lipinski definition) is 0. The summed E-state index contributed by atoms with van der Waals surface area (Å²) >= 11 is 5.92. The van der Waals surface area contributed by atoms with Crippen molar-refractivity contribution in [3.63, 3.8) is 0 Å². The first-order valence-corrected chi connectivity index (χ1v) is 7.08. The second-order valence-corrected chi connectivity index (χ2v) is 4.99. The Morgan fingerprint density at radius 1 is 1.43 bits per heavy atom. The largest absolute Gasteiger partial charge is 0.344 e. The summed E-state index contributed by atoms with van der Waals surface area (Å²) < 4.78 is 4.89. The van der Waals surface area contributed by atoms with E-state index in [2.05, 4.69) is 11.7 Å². The molecule has 0 spiro atoms. The number of para-hydroxylation sites is 1. The highest BCUT2D eigenvalue weighted by Gasteiger charge is 2.17. The fourth-order valence-corrected chi connectivity index (χ4v) is 2.36. The van der Waals surface area contributed by atoms with E-state index in [0.29, 0.717) is 19.4 Å². The van der Waals surface area contributed by atoms with Crippen LogP contribution in [0.2, 0.25) is 5.22 Å². The summed E-state index contributed by atoms with van der Waals surface area (Å²) in [5.41, 5.74) is 2.37. The van der Waals surface area contributed by atoms with Crippen molar-refractivity contribution in [2.24, 2.45) is 0 Å². The van der Waals surface area contributed by atoms with Crippen molar-refractivity contribution in [3.05, 3.63) is 59.5 Å². The molecule has 0 saturated carbocycles. The molecule has 2 aromatic rings. The number of anilines is 1. The maximum atomic E-state index is 12.4. The minimum atomic E-state index is 0.0118. The van der Waals surface area contributed by atoms with Crippen molar-refractivity contribution in [3.8, 4) is 0 Å². The lowest BCUT2D eigenvalue weighted by Crippen LogP contribution is -2.31. The number of rotatable bonds is 6. The predicted octanol–water partition coefficient (Wildman–Crippen LogP) is 3.79. The van der Waals surface area contributed by atoms with E-state index in [9.17, 15) is 4.79 Å². The zero-order valence-corrected chi connectivity index (χ0v) is 12.6. The Bertz CT molecular complexity index is 603. The quantitative estimate of drug-likeness (QED) is 0.763. The number of nitrogens with zero attached hydrogens (tertiary/aromatic N) is 2. The molecule has 2 rings (SSSR count). The maximum Gasteiger partial charge on any atom is 0.229 e. The smallest absolute Gasteiger partial charge is 0.229 e. The van der Waals surface area contributed by atoms with Crippen LogP contribution in [-0.2, 0) is 11.2 Å². The average molecular weight is 305 g/mol. The molecule has 0 atom stereocenters. The Morgan fingerprint density at radius 2 is 2.14 bits per heavy atom. The Morgan fingerprint density at radius 3 is 2.71 bits per heavy atom. The van der Waals surface area contributed by atoms with Crippen molar-refractivity contribution >= 4 is 23.2 Å². The van der Waals surface area contributed by atoms with E-state index in [1.54, 1.807) is 11.0 Å². The van der Waals surface area contributed by atoms with Gasteiger partial charge in [-0.25, -0.2) is 0 Å². The van der Waals surface area contributed by atoms with Gasteiger partial charge in [0, 0.05) is 24.2 Å². The fourth-order valence-electron chi connectivity index (χ4n) is 2.10. The van der Waals surface area contributed by atoms with Crippen LogP contribution in [0.3, 0.4) is 0 Å². The van der Waals surface area contributed by atoms with Crippen molar-refractivity contribution in [2.45, 2.75) is 19.8 Å². The van der Waals surface area contributed by atoms with Crippen LogP contribution in [0, 0.1) is 6.92 Å². The highest BCUT2D eigenvalue weighted by Crippen LogP contribution is 2.22. The van der Waals surface area contributed by atoms with Crippen LogP contribution >= 0.6 is 11.6 Å². The minimum absolute atomic E-state index is 0.0118. The summed E-state index contributed by atoms with van der Waals surface area (Å²) in [6, 6.07) is 9.53. The number of hydrogen-bond acceptors (Lipinski definition) is 3. The Hall–Kier alpha value is -2.07. The van der Waals surface area contributed by atoms with Gasteiger partial charge in [-0.1, -0.05) is 29.4 Å². The van der Waals surface area contributed by atoms with Crippen LogP contribution in [0.1, 0.15) is 17.7 Å². The first-order valence-electron chi connectivity index (χ1n) is 6.70. The molecule has 0 bridgehead atoms. The molecule has 1 aromatic carbocycles. The Labute approximate surface area is 129 Å². The Kier molecular flexibility index (Phi) is 5.17. The fraction of sp³-hybridized carbons (Fsp3) is 0.250. The van der Waals surface area contributed by atoms with Crippen LogP contribution in [0.5, 0.6) is 0 Å². The second kappa shape index (κ2) is 7.09. The molecule has 4 nitrogen and oxygen atoms in total. The van der Waals surface area contributed by atoms with Gasteiger partial charge < -0.3 is 9.42 Å². The highest BCUT2D eigenvalue weighted by atomic mass is 35.5. The number of halogens is 1. The van der Waals surface area contributed by atoms with Gasteiger partial charge in [0.05, 0.1) is 5.69 Å². The average Bonchev–Trinajstić information content (AvgIpc) is 2.82. The molecular formula is C16H17ClN2O2. The normalized spacial score (nSPS) is 10.4. The van der Waals surface area contributed by atoms with Gasteiger partial charge in [0.2, 0.25) is 11.1 Å². The van der Waals surface area contributed by atoms with Crippen LogP contribution in [0.4, 0.5) is 5.69 Å². The summed E-state index contributed by atoms with van der Waals surface area (Å²) in [4.78, 5) is 14.1. The molecule has 0 N–H and O–H groups in total. The lowest BCUT2D eigenvalue weighted by Gasteiger charge is -2.21. The SMILES string of the molecule is C=CCN(C(=O)CCc1c(C)noc1Cl)c1ccccc1. The molecule has 110 valence electrons. The third kappa shape index (κ3) is 3.73. The lowest BCUT2D eigenvalue weighted by atomic mass is 10.1. The summed E-state index contributed by atoms with van der Waals surface area (Å²) in [6.45, 7) is 5.99. The molecule has 0 unspecified atom stereocenters. The van der Waals surface area contributed by atoms with Crippen molar-refractivity contribution in [1.29, 1.82) is 0 Å². The van der Waals surface area contributed by atoms with Gasteiger partial charge in [-0.05, 0) is 37.1 Å². The van der Waals surface area contributed by atoms with E-state index in [4.69, 9.17) is 16.1 Å². The van der Waals surface area contributed by atoms with Gasteiger partial charge in [-0.2, -0.15) is 0 Å². The topological polar surface area (TPSA) is 46.3 Å². The molecule has 0 saturated heterocycles. The molecule has 1 heterocycles. The number of aryl methyl sites for hydroxylation is 1.